The van der Waals surface area contributed by atoms with Crippen molar-refractivity contribution in [2.75, 3.05) is 0 Å². The second-order valence-corrected chi connectivity index (χ2v) is 4.79. The predicted octanol–water partition coefficient (Wildman–Crippen LogP) is 2.06. The number of carbonyl (C=O) groups is 3. The standard InChI is InChI=1S/C13H10O4S/c14-9(6-11(15)13(16)17)5-8-7-18-12-4-2-1-3-10(8)12/h1-4,7H,5-6H2,(H,16,17). The Balaban J connectivity index is 2.12. The van der Waals surface area contributed by atoms with E-state index in [9.17, 15) is 14.4 Å². The Hall–Kier alpha value is -2.01. The van der Waals surface area contributed by atoms with Crippen molar-refractivity contribution in [3.05, 3.63) is 35.2 Å². The number of carbonyl (C=O) groups excluding carboxylic acids is 2. The van der Waals surface area contributed by atoms with Crippen molar-refractivity contribution in [3.63, 3.8) is 0 Å². The van der Waals surface area contributed by atoms with Crippen molar-refractivity contribution >= 4 is 39.0 Å². The molecule has 0 spiro atoms. The lowest BCUT2D eigenvalue weighted by Crippen LogP contribution is -2.18. The molecule has 2 rings (SSSR count). The van der Waals surface area contributed by atoms with Crippen LogP contribution in [0.5, 0.6) is 0 Å². The van der Waals surface area contributed by atoms with Gasteiger partial charge in [0.1, 0.15) is 5.78 Å². The Bertz CT molecular complexity index is 627. The predicted molar refractivity (Wildman–Crippen MR) is 67.8 cm³/mol. The van der Waals surface area contributed by atoms with Crippen LogP contribution in [0.25, 0.3) is 10.1 Å². The first-order chi connectivity index (χ1) is 8.58. The van der Waals surface area contributed by atoms with E-state index >= 15 is 0 Å². The fourth-order valence-electron chi connectivity index (χ4n) is 1.70. The number of hydrogen-bond donors (Lipinski definition) is 1. The molecule has 0 amide bonds. The summed E-state index contributed by atoms with van der Waals surface area (Å²) in [6.07, 6.45) is -0.442. The molecular formula is C13H10O4S. The number of ketones is 2. The third-order valence-electron chi connectivity index (χ3n) is 2.55. The number of aliphatic carboxylic acids is 1. The van der Waals surface area contributed by atoms with Crippen molar-refractivity contribution in [1.82, 2.24) is 0 Å². The minimum Gasteiger partial charge on any atom is -0.475 e. The number of carboxylic acid groups (broad SMARTS) is 1. The monoisotopic (exact) mass is 262 g/mol. The highest BCUT2D eigenvalue weighted by Gasteiger charge is 2.17. The number of fused-ring (bicyclic) bond motifs is 1. The van der Waals surface area contributed by atoms with Gasteiger partial charge in [-0.2, -0.15) is 0 Å². The first-order valence-electron chi connectivity index (χ1n) is 5.31. The summed E-state index contributed by atoms with van der Waals surface area (Å²) in [5, 5.41) is 11.3. The van der Waals surface area contributed by atoms with Crippen LogP contribution < -0.4 is 0 Å². The maximum Gasteiger partial charge on any atom is 0.372 e. The van der Waals surface area contributed by atoms with Gasteiger partial charge in [0, 0.05) is 11.1 Å². The highest BCUT2D eigenvalue weighted by molar-refractivity contribution is 7.17. The summed E-state index contributed by atoms with van der Waals surface area (Å²) < 4.78 is 1.07. The minimum atomic E-state index is -1.56. The molecule has 18 heavy (non-hydrogen) atoms. The van der Waals surface area contributed by atoms with Gasteiger partial charge in [-0.1, -0.05) is 18.2 Å². The molecular weight excluding hydrogens is 252 g/mol. The van der Waals surface area contributed by atoms with Crippen LogP contribution in [-0.4, -0.2) is 22.6 Å². The molecule has 2 aromatic rings. The first-order valence-corrected chi connectivity index (χ1v) is 6.19. The number of hydrogen-bond acceptors (Lipinski definition) is 4. The van der Waals surface area contributed by atoms with Crippen LogP contribution in [0.4, 0.5) is 0 Å². The molecule has 0 aliphatic carbocycles. The molecule has 0 saturated carbocycles. The molecule has 4 nitrogen and oxygen atoms in total. The molecule has 0 radical (unpaired) electrons. The van der Waals surface area contributed by atoms with Crippen LogP contribution in [0.3, 0.4) is 0 Å². The van der Waals surface area contributed by atoms with Gasteiger partial charge in [-0.15, -0.1) is 11.3 Å². The fourth-order valence-corrected chi connectivity index (χ4v) is 2.66. The smallest absolute Gasteiger partial charge is 0.372 e. The summed E-state index contributed by atoms with van der Waals surface area (Å²) in [4.78, 5) is 32.9. The third kappa shape index (κ3) is 2.62. The zero-order valence-electron chi connectivity index (χ0n) is 9.38. The molecule has 0 atom stereocenters. The summed E-state index contributed by atoms with van der Waals surface area (Å²) in [6.45, 7) is 0. The zero-order chi connectivity index (χ0) is 13.1. The zero-order valence-corrected chi connectivity index (χ0v) is 10.2. The largest absolute Gasteiger partial charge is 0.475 e. The lowest BCUT2D eigenvalue weighted by atomic mass is 10.0. The van der Waals surface area contributed by atoms with Crippen LogP contribution in [0.1, 0.15) is 12.0 Å². The van der Waals surface area contributed by atoms with E-state index < -0.39 is 18.2 Å². The summed E-state index contributed by atoms with van der Waals surface area (Å²) >= 11 is 1.53. The molecule has 1 N–H and O–H groups in total. The van der Waals surface area contributed by atoms with E-state index in [-0.39, 0.29) is 12.2 Å². The second kappa shape index (κ2) is 5.10. The summed E-state index contributed by atoms with van der Waals surface area (Å²) in [7, 11) is 0. The molecule has 1 aromatic carbocycles. The number of Topliss-reactive ketones (excluding diaryl/α,β-unsaturated/α-hetero) is 2. The first kappa shape index (κ1) is 12.4. The number of benzene rings is 1. The van der Waals surface area contributed by atoms with Gasteiger partial charge in [-0.05, 0) is 22.4 Å². The highest BCUT2D eigenvalue weighted by Crippen LogP contribution is 2.26. The van der Waals surface area contributed by atoms with E-state index in [0.717, 1.165) is 15.6 Å². The molecule has 1 heterocycles. The number of rotatable bonds is 5. The van der Waals surface area contributed by atoms with E-state index in [1.54, 1.807) is 0 Å². The van der Waals surface area contributed by atoms with Gasteiger partial charge >= 0.3 is 5.97 Å². The summed E-state index contributed by atoms with van der Waals surface area (Å²) in [5.74, 6) is -2.98. The van der Waals surface area contributed by atoms with Crippen molar-refractivity contribution < 1.29 is 19.5 Å². The van der Waals surface area contributed by atoms with Crippen molar-refractivity contribution in [2.45, 2.75) is 12.8 Å². The Morgan fingerprint density at radius 2 is 1.89 bits per heavy atom. The fraction of sp³-hybridized carbons (Fsp3) is 0.154. The van der Waals surface area contributed by atoms with Crippen LogP contribution >= 0.6 is 11.3 Å². The van der Waals surface area contributed by atoms with E-state index in [1.165, 1.54) is 11.3 Å². The van der Waals surface area contributed by atoms with Crippen LogP contribution in [0.15, 0.2) is 29.6 Å². The van der Waals surface area contributed by atoms with Crippen molar-refractivity contribution in [2.24, 2.45) is 0 Å². The summed E-state index contributed by atoms with van der Waals surface area (Å²) in [5.41, 5.74) is 0.846. The number of thiophene rings is 1. The second-order valence-electron chi connectivity index (χ2n) is 3.88. The Morgan fingerprint density at radius 3 is 2.61 bits per heavy atom. The summed E-state index contributed by atoms with van der Waals surface area (Å²) in [6, 6.07) is 7.66. The highest BCUT2D eigenvalue weighted by atomic mass is 32.1. The average Bonchev–Trinajstić information content (AvgIpc) is 2.72. The van der Waals surface area contributed by atoms with Crippen molar-refractivity contribution in [3.8, 4) is 0 Å². The SMILES string of the molecule is O=C(CC(=O)C(=O)O)Cc1csc2ccccc12. The Morgan fingerprint density at radius 1 is 1.17 bits per heavy atom. The van der Waals surface area contributed by atoms with E-state index in [1.807, 2.05) is 29.6 Å². The molecule has 0 fully saturated rings. The lowest BCUT2D eigenvalue weighted by molar-refractivity contribution is -0.150. The molecule has 0 saturated heterocycles. The minimum absolute atomic E-state index is 0.100. The van der Waals surface area contributed by atoms with Gasteiger partial charge in [0.15, 0.2) is 0 Å². The van der Waals surface area contributed by atoms with Gasteiger partial charge in [0.2, 0.25) is 5.78 Å². The van der Waals surface area contributed by atoms with Crippen molar-refractivity contribution in [1.29, 1.82) is 0 Å². The van der Waals surface area contributed by atoms with Gasteiger partial charge in [-0.3, -0.25) is 9.59 Å². The van der Waals surface area contributed by atoms with Crippen LogP contribution in [0.2, 0.25) is 0 Å². The third-order valence-corrected chi connectivity index (χ3v) is 3.56. The average molecular weight is 262 g/mol. The van der Waals surface area contributed by atoms with E-state index in [0.29, 0.717) is 0 Å². The maximum absolute atomic E-state index is 11.6. The molecule has 0 aliphatic heterocycles. The van der Waals surface area contributed by atoms with Gasteiger partial charge in [0.25, 0.3) is 0 Å². The van der Waals surface area contributed by atoms with Gasteiger partial charge in [0.05, 0.1) is 6.42 Å². The topological polar surface area (TPSA) is 71.4 Å². The van der Waals surface area contributed by atoms with E-state index in [4.69, 9.17) is 5.11 Å². The van der Waals surface area contributed by atoms with Crippen LogP contribution in [-0.2, 0) is 20.8 Å². The molecule has 0 bridgehead atoms. The molecule has 1 aromatic heterocycles. The maximum atomic E-state index is 11.6. The normalized spacial score (nSPS) is 10.4. The lowest BCUT2D eigenvalue weighted by Gasteiger charge is -1.98. The Kier molecular flexibility index (Phi) is 3.53. The molecule has 0 unspecified atom stereocenters. The van der Waals surface area contributed by atoms with Gasteiger partial charge < -0.3 is 5.11 Å². The Labute approximate surface area is 107 Å². The number of carboxylic acids is 1. The van der Waals surface area contributed by atoms with Gasteiger partial charge in [-0.25, -0.2) is 4.79 Å². The molecule has 5 heteroatoms. The molecule has 92 valence electrons. The molecule has 0 aliphatic rings. The van der Waals surface area contributed by atoms with Crippen LogP contribution in [0, 0.1) is 0 Å². The van der Waals surface area contributed by atoms with E-state index in [2.05, 4.69) is 0 Å². The quantitative estimate of drug-likeness (QED) is 0.661.